The molecule has 3 rings (SSSR count). The summed E-state index contributed by atoms with van der Waals surface area (Å²) in [6, 6.07) is 14.9. The van der Waals surface area contributed by atoms with Crippen molar-refractivity contribution in [2.45, 2.75) is 40.2 Å². The van der Waals surface area contributed by atoms with Crippen LogP contribution < -0.4 is 5.49 Å². The van der Waals surface area contributed by atoms with E-state index in [4.69, 9.17) is 5.41 Å². The maximum Gasteiger partial charge on any atom is 0.134 e. The van der Waals surface area contributed by atoms with E-state index in [0.717, 1.165) is 36.3 Å². The smallest absolute Gasteiger partial charge is 0.134 e. The molecule has 1 N–H and O–H groups in total. The molecule has 0 unspecified atom stereocenters. The molecular formula is C21H26N4. The number of pyridine rings is 1. The zero-order valence-corrected chi connectivity index (χ0v) is 15.5. The number of benzene rings is 1. The van der Waals surface area contributed by atoms with Crippen LogP contribution in [0.5, 0.6) is 0 Å². The lowest BCUT2D eigenvalue weighted by Crippen LogP contribution is -2.28. The molecule has 0 fully saturated rings. The molecule has 0 aliphatic carbocycles. The SMILES string of the molecule is CCCc1cc2c(cc(C)n2Cc2ccccc2)n(C(C)=NC)c1=N. The van der Waals surface area contributed by atoms with Gasteiger partial charge in [0.05, 0.1) is 11.0 Å². The Kier molecular flexibility index (Phi) is 4.88. The average Bonchev–Trinajstić information content (AvgIpc) is 2.91. The van der Waals surface area contributed by atoms with Gasteiger partial charge < -0.3 is 4.57 Å². The fourth-order valence-corrected chi connectivity index (χ4v) is 3.38. The molecule has 0 saturated heterocycles. The fourth-order valence-electron chi connectivity index (χ4n) is 3.38. The predicted molar refractivity (Wildman–Crippen MR) is 104 cm³/mol. The van der Waals surface area contributed by atoms with Gasteiger partial charge in [0.1, 0.15) is 11.3 Å². The molecule has 4 nitrogen and oxygen atoms in total. The van der Waals surface area contributed by atoms with Crippen molar-refractivity contribution < 1.29 is 0 Å². The van der Waals surface area contributed by atoms with E-state index < -0.39 is 0 Å². The topological polar surface area (TPSA) is 46.1 Å². The first kappa shape index (κ1) is 17.2. The van der Waals surface area contributed by atoms with Crippen molar-refractivity contribution in [3.05, 3.63) is 64.8 Å². The van der Waals surface area contributed by atoms with Gasteiger partial charge in [-0.3, -0.25) is 15.0 Å². The molecule has 4 heteroatoms. The quantitative estimate of drug-likeness (QED) is 0.551. The number of aryl methyl sites for hydroxylation is 2. The first-order valence-corrected chi connectivity index (χ1v) is 8.83. The zero-order chi connectivity index (χ0) is 18.0. The summed E-state index contributed by atoms with van der Waals surface area (Å²) >= 11 is 0. The van der Waals surface area contributed by atoms with Gasteiger partial charge in [-0.05, 0) is 43.5 Å². The monoisotopic (exact) mass is 334 g/mol. The molecule has 2 heterocycles. The molecule has 0 aliphatic heterocycles. The summed E-state index contributed by atoms with van der Waals surface area (Å²) in [6.45, 7) is 7.09. The zero-order valence-electron chi connectivity index (χ0n) is 15.5. The second-order valence-electron chi connectivity index (χ2n) is 6.50. The van der Waals surface area contributed by atoms with Crippen molar-refractivity contribution in [3.63, 3.8) is 0 Å². The van der Waals surface area contributed by atoms with Gasteiger partial charge in [-0.15, -0.1) is 0 Å². The number of aliphatic imine (C=N–C) groups is 1. The minimum atomic E-state index is 0.550. The van der Waals surface area contributed by atoms with E-state index in [1.807, 2.05) is 17.6 Å². The number of nitrogens with zero attached hydrogens (tertiary/aromatic N) is 3. The fraction of sp³-hybridized carbons (Fsp3) is 0.333. The van der Waals surface area contributed by atoms with Gasteiger partial charge in [-0.2, -0.15) is 0 Å². The van der Waals surface area contributed by atoms with Crippen molar-refractivity contribution >= 4 is 16.9 Å². The third-order valence-electron chi connectivity index (χ3n) is 4.75. The summed E-state index contributed by atoms with van der Waals surface area (Å²) in [6.07, 6.45) is 1.93. The molecule has 2 aromatic heterocycles. The summed E-state index contributed by atoms with van der Waals surface area (Å²) in [5.41, 5.74) is 6.33. The normalized spacial score (nSPS) is 12.1. The van der Waals surface area contributed by atoms with Crippen LogP contribution in [0.2, 0.25) is 0 Å². The predicted octanol–water partition coefficient (Wildman–Crippen LogP) is 4.13. The van der Waals surface area contributed by atoms with Gasteiger partial charge in [0.2, 0.25) is 0 Å². The maximum atomic E-state index is 8.64. The number of hydrogen-bond acceptors (Lipinski definition) is 2. The molecular weight excluding hydrogens is 308 g/mol. The average molecular weight is 334 g/mol. The highest BCUT2D eigenvalue weighted by atomic mass is 15.1. The van der Waals surface area contributed by atoms with E-state index in [2.05, 4.69) is 59.8 Å². The van der Waals surface area contributed by atoms with Crippen LogP contribution in [0.25, 0.3) is 11.0 Å². The summed E-state index contributed by atoms with van der Waals surface area (Å²) in [4.78, 5) is 4.34. The van der Waals surface area contributed by atoms with E-state index in [-0.39, 0.29) is 0 Å². The molecule has 130 valence electrons. The van der Waals surface area contributed by atoms with Crippen molar-refractivity contribution in [3.8, 4) is 0 Å². The molecule has 25 heavy (non-hydrogen) atoms. The minimum Gasteiger partial charge on any atom is -0.339 e. The molecule has 0 amide bonds. The Hall–Kier alpha value is -2.62. The summed E-state index contributed by atoms with van der Waals surface area (Å²) in [5.74, 6) is 0.852. The van der Waals surface area contributed by atoms with Gasteiger partial charge in [-0.1, -0.05) is 43.7 Å². The molecule has 0 bridgehead atoms. The Morgan fingerprint density at radius 2 is 1.84 bits per heavy atom. The molecule has 1 aromatic carbocycles. The third kappa shape index (κ3) is 3.16. The summed E-state index contributed by atoms with van der Waals surface area (Å²) in [5, 5.41) is 8.64. The van der Waals surface area contributed by atoms with Gasteiger partial charge in [-0.25, -0.2) is 0 Å². The van der Waals surface area contributed by atoms with Crippen molar-refractivity contribution in [2.75, 3.05) is 7.05 Å². The van der Waals surface area contributed by atoms with Crippen LogP contribution in [0.1, 0.15) is 37.1 Å². The number of hydrogen-bond donors (Lipinski definition) is 1. The lowest BCUT2D eigenvalue weighted by atomic mass is 10.1. The Labute approximate surface area is 149 Å². The highest BCUT2D eigenvalue weighted by Crippen LogP contribution is 2.21. The number of nitrogens with one attached hydrogen (secondary N) is 1. The number of aromatic nitrogens is 2. The van der Waals surface area contributed by atoms with Crippen molar-refractivity contribution in [1.29, 1.82) is 5.41 Å². The molecule has 0 atom stereocenters. The lowest BCUT2D eigenvalue weighted by Gasteiger charge is -2.14. The summed E-state index contributed by atoms with van der Waals surface area (Å²) in [7, 11) is 1.79. The van der Waals surface area contributed by atoms with Gasteiger partial charge in [0.25, 0.3) is 0 Å². The molecule has 0 spiro atoms. The first-order valence-electron chi connectivity index (χ1n) is 8.83. The van der Waals surface area contributed by atoms with Crippen LogP contribution in [-0.2, 0) is 13.0 Å². The van der Waals surface area contributed by atoms with Crippen LogP contribution in [-0.4, -0.2) is 22.0 Å². The summed E-state index contributed by atoms with van der Waals surface area (Å²) < 4.78 is 4.32. The molecule has 3 aromatic rings. The Bertz CT molecular complexity index is 975. The van der Waals surface area contributed by atoms with Crippen LogP contribution >= 0.6 is 0 Å². The van der Waals surface area contributed by atoms with Crippen LogP contribution in [0.15, 0.2) is 47.5 Å². The largest absolute Gasteiger partial charge is 0.339 e. The second-order valence-corrected chi connectivity index (χ2v) is 6.50. The van der Waals surface area contributed by atoms with Crippen LogP contribution in [0.4, 0.5) is 0 Å². The van der Waals surface area contributed by atoms with Crippen LogP contribution in [0, 0.1) is 12.3 Å². The van der Waals surface area contributed by atoms with E-state index in [1.54, 1.807) is 7.05 Å². The van der Waals surface area contributed by atoms with Crippen LogP contribution in [0.3, 0.4) is 0 Å². The Morgan fingerprint density at radius 3 is 2.48 bits per heavy atom. The van der Waals surface area contributed by atoms with Crippen molar-refractivity contribution in [2.24, 2.45) is 4.99 Å². The second kappa shape index (κ2) is 7.09. The third-order valence-corrected chi connectivity index (χ3v) is 4.75. The minimum absolute atomic E-state index is 0.550. The highest BCUT2D eigenvalue weighted by Gasteiger charge is 2.14. The molecule has 0 radical (unpaired) electrons. The number of rotatable bonds is 4. The highest BCUT2D eigenvalue weighted by molar-refractivity contribution is 5.92. The first-order chi connectivity index (χ1) is 12.1. The van der Waals surface area contributed by atoms with Gasteiger partial charge >= 0.3 is 0 Å². The maximum absolute atomic E-state index is 8.64. The number of fused-ring (bicyclic) bond motifs is 1. The standard InChI is InChI=1S/C21H26N4/c1-5-9-18-13-19-20(25(21(18)22)16(3)23-4)12-15(2)24(19)14-17-10-7-6-8-11-17/h6-8,10-13,22H,5,9,14H2,1-4H3. The van der Waals surface area contributed by atoms with Crippen molar-refractivity contribution in [1.82, 2.24) is 9.13 Å². The molecule has 0 aliphatic rings. The van der Waals surface area contributed by atoms with E-state index in [1.165, 1.54) is 16.8 Å². The van der Waals surface area contributed by atoms with E-state index in [9.17, 15) is 0 Å². The van der Waals surface area contributed by atoms with E-state index in [0.29, 0.717) is 5.49 Å². The Balaban J connectivity index is 2.28. The van der Waals surface area contributed by atoms with E-state index >= 15 is 0 Å². The van der Waals surface area contributed by atoms with Gasteiger partial charge in [0.15, 0.2) is 0 Å². The Morgan fingerprint density at radius 1 is 1.12 bits per heavy atom. The lowest BCUT2D eigenvalue weighted by molar-refractivity contribution is 0.799. The molecule has 0 saturated carbocycles. The van der Waals surface area contributed by atoms with Gasteiger partial charge in [0, 0.05) is 19.3 Å².